The molecule has 1 unspecified atom stereocenters. The maximum atomic E-state index is 11.7. The number of rotatable bonds is 4. The number of para-hydroxylation sites is 1. The summed E-state index contributed by atoms with van der Waals surface area (Å²) in [4.78, 5) is 13.0. The van der Waals surface area contributed by atoms with Crippen LogP contribution in [0.4, 0.5) is 5.69 Å². The molecule has 0 aromatic heterocycles. The normalized spacial score (nSPS) is 19.6. The Balaban J connectivity index is 2.23. The summed E-state index contributed by atoms with van der Waals surface area (Å²) in [5.41, 5.74) is 0.679. The SMILES string of the molecule is CS(=O)(=O)c1ccccc1N1CCC(CC(=O)O)C1. The van der Waals surface area contributed by atoms with Crippen molar-refractivity contribution in [2.24, 2.45) is 5.92 Å². The molecule has 0 spiro atoms. The smallest absolute Gasteiger partial charge is 0.303 e. The summed E-state index contributed by atoms with van der Waals surface area (Å²) in [7, 11) is -3.27. The molecule has 1 saturated heterocycles. The number of hydrogen-bond acceptors (Lipinski definition) is 4. The van der Waals surface area contributed by atoms with E-state index >= 15 is 0 Å². The molecule has 0 bridgehead atoms. The van der Waals surface area contributed by atoms with Gasteiger partial charge in [-0.1, -0.05) is 12.1 Å². The van der Waals surface area contributed by atoms with Crippen molar-refractivity contribution in [1.29, 1.82) is 0 Å². The van der Waals surface area contributed by atoms with Crippen LogP contribution in [0.3, 0.4) is 0 Å². The Morgan fingerprint density at radius 3 is 2.74 bits per heavy atom. The van der Waals surface area contributed by atoms with Crippen LogP contribution >= 0.6 is 0 Å². The molecule has 1 fully saturated rings. The molecule has 1 heterocycles. The highest BCUT2D eigenvalue weighted by atomic mass is 32.2. The number of aliphatic carboxylic acids is 1. The average Bonchev–Trinajstić information content (AvgIpc) is 2.75. The zero-order chi connectivity index (χ0) is 14.0. The maximum absolute atomic E-state index is 11.7. The van der Waals surface area contributed by atoms with Crippen molar-refractivity contribution >= 4 is 21.5 Å². The van der Waals surface area contributed by atoms with Gasteiger partial charge in [0.1, 0.15) is 0 Å². The lowest BCUT2D eigenvalue weighted by Gasteiger charge is -2.21. The van der Waals surface area contributed by atoms with Crippen molar-refractivity contribution in [2.45, 2.75) is 17.7 Å². The molecule has 0 aliphatic carbocycles. The first-order valence-corrected chi connectivity index (χ1v) is 8.03. The molecule has 104 valence electrons. The first-order valence-electron chi connectivity index (χ1n) is 6.14. The summed E-state index contributed by atoms with van der Waals surface area (Å²) >= 11 is 0. The highest BCUT2D eigenvalue weighted by Crippen LogP contribution is 2.30. The van der Waals surface area contributed by atoms with Gasteiger partial charge >= 0.3 is 5.97 Å². The van der Waals surface area contributed by atoms with E-state index in [0.29, 0.717) is 23.7 Å². The Morgan fingerprint density at radius 1 is 1.42 bits per heavy atom. The van der Waals surface area contributed by atoms with Crippen molar-refractivity contribution in [2.75, 3.05) is 24.2 Å². The van der Waals surface area contributed by atoms with Crippen LogP contribution in [0.25, 0.3) is 0 Å². The molecule has 0 saturated carbocycles. The van der Waals surface area contributed by atoms with Crippen molar-refractivity contribution in [1.82, 2.24) is 0 Å². The van der Waals surface area contributed by atoms with Gasteiger partial charge in [0.25, 0.3) is 0 Å². The van der Waals surface area contributed by atoms with Crippen LogP contribution in [0, 0.1) is 5.92 Å². The van der Waals surface area contributed by atoms with Gasteiger partial charge in [0.05, 0.1) is 10.6 Å². The Kier molecular flexibility index (Phi) is 3.80. The number of anilines is 1. The molecule has 1 N–H and O–H groups in total. The van der Waals surface area contributed by atoms with Crippen LogP contribution < -0.4 is 4.90 Å². The first kappa shape index (κ1) is 13.9. The van der Waals surface area contributed by atoms with Gasteiger partial charge < -0.3 is 10.0 Å². The van der Waals surface area contributed by atoms with E-state index in [-0.39, 0.29) is 12.3 Å². The fraction of sp³-hybridized carbons (Fsp3) is 0.462. The molecular weight excluding hydrogens is 266 g/mol. The zero-order valence-electron chi connectivity index (χ0n) is 10.7. The van der Waals surface area contributed by atoms with Gasteiger partial charge in [0, 0.05) is 25.8 Å². The zero-order valence-corrected chi connectivity index (χ0v) is 11.6. The van der Waals surface area contributed by atoms with E-state index in [1.165, 1.54) is 6.26 Å². The Labute approximate surface area is 112 Å². The molecule has 1 aromatic rings. The van der Waals surface area contributed by atoms with Gasteiger partial charge in [0.15, 0.2) is 9.84 Å². The molecule has 0 amide bonds. The van der Waals surface area contributed by atoms with Crippen molar-refractivity contribution < 1.29 is 18.3 Å². The fourth-order valence-corrected chi connectivity index (χ4v) is 3.40. The van der Waals surface area contributed by atoms with Crippen LogP contribution in [-0.4, -0.2) is 38.8 Å². The number of carbonyl (C=O) groups is 1. The summed E-state index contributed by atoms with van der Waals surface area (Å²) in [6.07, 6.45) is 2.11. The summed E-state index contributed by atoms with van der Waals surface area (Å²) in [5, 5.41) is 8.80. The predicted octanol–water partition coefficient (Wildman–Crippen LogP) is 1.39. The standard InChI is InChI=1S/C13H17NO4S/c1-19(17,18)12-5-3-2-4-11(12)14-7-6-10(9-14)8-13(15)16/h2-5,10H,6-9H2,1H3,(H,15,16). The van der Waals surface area contributed by atoms with E-state index in [1.807, 2.05) is 4.90 Å². The highest BCUT2D eigenvalue weighted by molar-refractivity contribution is 7.90. The van der Waals surface area contributed by atoms with E-state index in [1.54, 1.807) is 24.3 Å². The minimum Gasteiger partial charge on any atom is -0.481 e. The van der Waals surface area contributed by atoms with Crippen LogP contribution in [0.5, 0.6) is 0 Å². The average molecular weight is 283 g/mol. The van der Waals surface area contributed by atoms with E-state index in [4.69, 9.17) is 5.11 Å². The van der Waals surface area contributed by atoms with E-state index in [0.717, 1.165) is 6.42 Å². The second-order valence-electron chi connectivity index (χ2n) is 4.94. The second-order valence-corrected chi connectivity index (χ2v) is 6.92. The molecular formula is C13H17NO4S. The molecule has 1 aliphatic heterocycles. The number of nitrogens with zero attached hydrogens (tertiary/aromatic N) is 1. The van der Waals surface area contributed by atoms with Crippen LogP contribution in [0.2, 0.25) is 0 Å². The third-order valence-corrected chi connectivity index (χ3v) is 4.50. The van der Waals surface area contributed by atoms with Crippen LogP contribution in [0.15, 0.2) is 29.2 Å². The number of hydrogen-bond donors (Lipinski definition) is 1. The van der Waals surface area contributed by atoms with E-state index in [9.17, 15) is 13.2 Å². The third kappa shape index (κ3) is 3.26. The third-order valence-electron chi connectivity index (χ3n) is 3.35. The molecule has 1 atom stereocenters. The molecule has 1 aliphatic rings. The minimum atomic E-state index is -3.27. The second kappa shape index (κ2) is 5.21. The number of carboxylic acids is 1. The summed E-state index contributed by atoms with van der Waals surface area (Å²) < 4.78 is 23.5. The summed E-state index contributed by atoms with van der Waals surface area (Å²) in [6, 6.07) is 6.87. The minimum absolute atomic E-state index is 0.0881. The van der Waals surface area contributed by atoms with Crippen molar-refractivity contribution in [3.63, 3.8) is 0 Å². The van der Waals surface area contributed by atoms with E-state index < -0.39 is 15.8 Å². The van der Waals surface area contributed by atoms with Gasteiger partial charge in [-0.25, -0.2) is 8.42 Å². The lowest BCUT2D eigenvalue weighted by molar-refractivity contribution is -0.137. The highest BCUT2D eigenvalue weighted by Gasteiger charge is 2.27. The largest absolute Gasteiger partial charge is 0.481 e. The summed E-state index contributed by atoms with van der Waals surface area (Å²) in [5.74, 6) is -0.714. The van der Waals surface area contributed by atoms with Gasteiger partial charge in [-0.3, -0.25) is 4.79 Å². The molecule has 6 heteroatoms. The van der Waals surface area contributed by atoms with Crippen LogP contribution in [-0.2, 0) is 14.6 Å². The first-order chi connectivity index (χ1) is 8.88. The van der Waals surface area contributed by atoms with Gasteiger partial charge in [0.2, 0.25) is 0 Å². The predicted molar refractivity (Wildman–Crippen MR) is 72.1 cm³/mol. The lowest BCUT2D eigenvalue weighted by Crippen LogP contribution is -2.22. The van der Waals surface area contributed by atoms with Crippen LogP contribution in [0.1, 0.15) is 12.8 Å². The lowest BCUT2D eigenvalue weighted by atomic mass is 10.1. The van der Waals surface area contributed by atoms with Gasteiger partial charge in [-0.2, -0.15) is 0 Å². The number of sulfone groups is 1. The number of carboxylic acid groups (broad SMARTS) is 1. The molecule has 5 nitrogen and oxygen atoms in total. The summed E-state index contributed by atoms with van der Waals surface area (Å²) in [6.45, 7) is 1.29. The van der Waals surface area contributed by atoms with Gasteiger partial charge in [-0.05, 0) is 24.5 Å². The van der Waals surface area contributed by atoms with E-state index in [2.05, 4.69) is 0 Å². The molecule has 19 heavy (non-hydrogen) atoms. The number of benzene rings is 1. The quantitative estimate of drug-likeness (QED) is 0.904. The molecule has 2 rings (SSSR count). The maximum Gasteiger partial charge on any atom is 0.303 e. The topological polar surface area (TPSA) is 74.7 Å². The Bertz CT molecular complexity index is 582. The monoisotopic (exact) mass is 283 g/mol. The van der Waals surface area contributed by atoms with Crippen molar-refractivity contribution in [3.8, 4) is 0 Å². The molecule has 0 radical (unpaired) electrons. The molecule has 1 aromatic carbocycles. The van der Waals surface area contributed by atoms with Crippen molar-refractivity contribution in [3.05, 3.63) is 24.3 Å². The van der Waals surface area contributed by atoms with Gasteiger partial charge in [-0.15, -0.1) is 0 Å². The Morgan fingerprint density at radius 2 is 2.11 bits per heavy atom. The Hall–Kier alpha value is -1.56. The fourth-order valence-electron chi connectivity index (χ4n) is 2.50.